The molecule has 0 fully saturated rings. The van der Waals surface area contributed by atoms with Crippen molar-refractivity contribution in [3.05, 3.63) is 59.7 Å². The maximum atomic E-state index is 12.8. The van der Waals surface area contributed by atoms with Gasteiger partial charge in [-0.15, -0.1) is 0 Å². The van der Waals surface area contributed by atoms with Crippen molar-refractivity contribution < 1.29 is 18.7 Å². The summed E-state index contributed by atoms with van der Waals surface area (Å²) in [4.78, 5) is 22.6. The molecular formula is C19H18FNO3. The van der Waals surface area contributed by atoms with Crippen LogP contribution in [0.1, 0.15) is 30.4 Å². The summed E-state index contributed by atoms with van der Waals surface area (Å²) in [5.41, 5.74) is 4.46. The summed E-state index contributed by atoms with van der Waals surface area (Å²) in [5.74, 6) is -0.0655. The molecular weight excluding hydrogens is 309 g/mol. The Balaban J connectivity index is 1.74. The van der Waals surface area contributed by atoms with E-state index < -0.39 is 18.2 Å². The lowest BCUT2D eigenvalue weighted by atomic mass is 9.98. The van der Waals surface area contributed by atoms with E-state index in [1.165, 1.54) is 0 Å². The Morgan fingerprint density at radius 3 is 2.12 bits per heavy atom. The van der Waals surface area contributed by atoms with Crippen LogP contribution in [0, 0.1) is 0 Å². The molecule has 2 aromatic carbocycles. The van der Waals surface area contributed by atoms with Gasteiger partial charge in [0.25, 0.3) is 0 Å². The molecule has 0 saturated heterocycles. The summed E-state index contributed by atoms with van der Waals surface area (Å²) in [5, 5.41) is 2.25. The second-order valence-corrected chi connectivity index (χ2v) is 5.73. The monoisotopic (exact) mass is 327 g/mol. The molecule has 0 saturated carbocycles. The van der Waals surface area contributed by atoms with Gasteiger partial charge in [0.15, 0.2) is 0 Å². The third kappa shape index (κ3) is 3.02. The highest BCUT2D eigenvalue weighted by atomic mass is 19.1. The van der Waals surface area contributed by atoms with Crippen molar-refractivity contribution in [2.45, 2.75) is 25.3 Å². The molecule has 0 radical (unpaired) electrons. The molecule has 1 atom stereocenters. The quantitative estimate of drug-likeness (QED) is 0.850. The average Bonchev–Trinajstić information content (AvgIpc) is 2.91. The van der Waals surface area contributed by atoms with Gasteiger partial charge in [0.05, 0.1) is 0 Å². The van der Waals surface area contributed by atoms with Crippen molar-refractivity contribution in [3.63, 3.8) is 0 Å². The van der Waals surface area contributed by atoms with E-state index in [-0.39, 0.29) is 18.9 Å². The molecule has 0 spiro atoms. The van der Waals surface area contributed by atoms with Crippen molar-refractivity contribution in [3.8, 4) is 11.1 Å². The van der Waals surface area contributed by atoms with Crippen LogP contribution in [-0.4, -0.2) is 24.8 Å². The molecule has 24 heavy (non-hydrogen) atoms. The van der Waals surface area contributed by atoms with Gasteiger partial charge in [-0.25, -0.2) is 4.79 Å². The summed E-state index contributed by atoms with van der Waals surface area (Å²) in [6, 6.07) is 13.3. The van der Waals surface area contributed by atoms with Gasteiger partial charge >= 0.3 is 12.1 Å². The zero-order chi connectivity index (χ0) is 17.1. The molecule has 4 nitrogen and oxygen atoms in total. The van der Waals surface area contributed by atoms with Crippen LogP contribution in [-0.2, 0) is 9.53 Å². The van der Waals surface area contributed by atoms with Gasteiger partial charge < -0.3 is 10.1 Å². The molecule has 5 heteroatoms. The van der Waals surface area contributed by atoms with Gasteiger partial charge in [-0.1, -0.05) is 55.5 Å². The smallest absolute Gasteiger partial charge is 0.407 e. The molecule has 1 aliphatic rings. The maximum Gasteiger partial charge on any atom is 0.407 e. The van der Waals surface area contributed by atoms with Gasteiger partial charge in [-0.3, -0.25) is 4.79 Å². The van der Waals surface area contributed by atoms with Crippen LogP contribution in [0.15, 0.2) is 48.5 Å². The van der Waals surface area contributed by atoms with Crippen LogP contribution < -0.4 is 5.32 Å². The lowest BCUT2D eigenvalue weighted by molar-refractivity contribution is -0.131. The second-order valence-electron chi connectivity index (χ2n) is 5.73. The standard InChI is InChI=1S/C19H18FNO3/c1-2-17(18(20)22)21-19(23)24-11-16-14-9-5-3-7-12(14)13-8-4-6-10-15(13)16/h3-10,16-17H,2,11H2,1H3,(H,21,23). The Morgan fingerprint density at radius 1 is 1.08 bits per heavy atom. The fourth-order valence-corrected chi connectivity index (χ4v) is 3.10. The number of benzene rings is 2. The number of amides is 1. The average molecular weight is 327 g/mol. The number of nitrogens with one attached hydrogen (secondary N) is 1. The Hall–Kier alpha value is -2.69. The van der Waals surface area contributed by atoms with Crippen molar-refractivity contribution in [2.75, 3.05) is 6.61 Å². The largest absolute Gasteiger partial charge is 0.449 e. The fourth-order valence-electron chi connectivity index (χ4n) is 3.10. The van der Waals surface area contributed by atoms with Crippen molar-refractivity contribution in [1.82, 2.24) is 5.32 Å². The number of halogens is 1. The SMILES string of the molecule is CCC(NC(=O)OCC1c2ccccc2-c2ccccc21)C(=O)F. The third-order valence-electron chi connectivity index (χ3n) is 4.32. The van der Waals surface area contributed by atoms with Crippen LogP contribution in [0.4, 0.5) is 9.18 Å². The molecule has 124 valence electrons. The first-order chi connectivity index (χ1) is 11.6. The molecule has 1 unspecified atom stereocenters. The summed E-state index contributed by atoms with van der Waals surface area (Å²) in [7, 11) is 0. The lowest BCUT2D eigenvalue weighted by Crippen LogP contribution is -2.39. The van der Waals surface area contributed by atoms with Gasteiger partial charge in [-0.05, 0) is 28.7 Å². The van der Waals surface area contributed by atoms with E-state index >= 15 is 0 Å². The molecule has 1 N–H and O–H groups in total. The summed E-state index contributed by atoms with van der Waals surface area (Å²) >= 11 is 0. The normalized spacial score (nSPS) is 13.8. The molecule has 0 aromatic heterocycles. The Labute approximate surface area is 139 Å². The zero-order valence-electron chi connectivity index (χ0n) is 13.3. The van der Waals surface area contributed by atoms with E-state index in [0.717, 1.165) is 22.3 Å². The number of carbonyl (C=O) groups is 2. The van der Waals surface area contributed by atoms with E-state index in [4.69, 9.17) is 4.74 Å². The van der Waals surface area contributed by atoms with E-state index in [0.29, 0.717) is 0 Å². The van der Waals surface area contributed by atoms with Crippen LogP contribution in [0.3, 0.4) is 0 Å². The molecule has 1 amide bonds. The maximum absolute atomic E-state index is 12.8. The van der Waals surface area contributed by atoms with Crippen LogP contribution in [0.2, 0.25) is 0 Å². The van der Waals surface area contributed by atoms with Crippen LogP contribution in [0.25, 0.3) is 11.1 Å². The molecule has 0 heterocycles. The van der Waals surface area contributed by atoms with E-state index in [9.17, 15) is 14.0 Å². The summed E-state index contributed by atoms with van der Waals surface area (Å²) in [6.45, 7) is 1.75. The zero-order valence-corrected chi connectivity index (χ0v) is 13.3. The topological polar surface area (TPSA) is 55.4 Å². The first kappa shape index (κ1) is 16.2. The minimum atomic E-state index is -1.56. The molecule has 3 rings (SSSR count). The minimum absolute atomic E-state index is 0.0655. The van der Waals surface area contributed by atoms with E-state index in [1.54, 1.807) is 6.92 Å². The van der Waals surface area contributed by atoms with Gasteiger partial charge in [0.2, 0.25) is 0 Å². The molecule has 1 aliphatic carbocycles. The number of hydrogen-bond acceptors (Lipinski definition) is 3. The van der Waals surface area contributed by atoms with Crippen molar-refractivity contribution >= 4 is 12.1 Å². The Morgan fingerprint density at radius 2 is 1.62 bits per heavy atom. The van der Waals surface area contributed by atoms with Gasteiger partial charge in [0.1, 0.15) is 12.6 Å². The fraction of sp³-hybridized carbons (Fsp3) is 0.263. The predicted molar refractivity (Wildman–Crippen MR) is 88.4 cm³/mol. The molecule has 0 bridgehead atoms. The number of alkyl carbamates (subject to hydrolysis) is 1. The third-order valence-corrected chi connectivity index (χ3v) is 4.32. The summed E-state index contributed by atoms with van der Waals surface area (Å²) < 4.78 is 18.0. The van der Waals surface area contributed by atoms with Crippen LogP contribution >= 0.6 is 0 Å². The van der Waals surface area contributed by atoms with E-state index in [2.05, 4.69) is 5.32 Å². The first-order valence-corrected chi connectivity index (χ1v) is 7.92. The van der Waals surface area contributed by atoms with E-state index in [1.807, 2.05) is 48.5 Å². The van der Waals surface area contributed by atoms with Gasteiger partial charge in [-0.2, -0.15) is 4.39 Å². The number of rotatable bonds is 5. The second kappa shape index (κ2) is 6.83. The lowest BCUT2D eigenvalue weighted by Gasteiger charge is -2.16. The highest BCUT2D eigenvalue weighted by molar-refractivity contribution is 5.81. The highest BCUT2D eigenvalue weighted by Crippen LogP contribution is 2.44. The number of hydrogen-bond donors (Lipinski definition) is 1. The van der Waals surface area contributed by atoms with Crippen LogP contribution in [0.5, 0.6) is 0 Å². The summed E-state index contributed by atoms with van der Waals surface area (Å²) in [6.07, 6.45) is -0.603. The Kier molecular flexibility index (Phi) is 4.60. The number of carbonyl (C=O) groups excluding carboxylic acids is 2. The molecule has 2 aromatic rings. The van der Waals surface area contributed by atoms with Crippen molar-refractivity contribution in [2.24, 2.45) is 0 Å². The number of ether oxygens (including phenoxy) is 1. The minimum Gasteiger partial charge on any atom is -0.449 e. The van der Waals surface area contributed by atoms with Crippen molar-refractivity contribution in [1.29, 1.82) is 0 Å². The number of fused-ring (bicyclic) bond motifs is 3. The molecule has 0 aliphatic heterocycles. The Bertz CT molecular complexity index is 729. The highest BCUT2D eigenvalue weighted by Gasteiger charge is 2.29. The van der Waals surface area contributed by atoms with Gasteiger partial charge in [0, 0.05) is 5.92 Å². The first-order valence-electron chi connectivity index (χ1n) is 7.92. The predicted octanol–water partition coefficient (Wildman–Crippen LogP) is 3.80.